The van der Waals surface area contributed by atoms with E-state index in [1.54, 1.807) is 11.6 Å². The predicted octanol–water partition coefficient (Wildman–Crippen LogP) is 1.78. The molecule has 7 heteroatoms. The van der Waals surface area contributed by atoms with Gasteiger partial charge in [-0.05, 0) is 45.1 Å². The van der Waals surface area contributed by atoms with Crippen LogP contribution in [0.1, 0.15) is 42.6 Å². The zero-order valence-corrected chi connectivity index (χ0v) is 13.8. The monoisotopic (exact) mass is 318 g/mol. The molecule has 2 atom stereocenters. The van der Waals surface area contributed by atoms with Gasteiger partial charge in [0.25, 0.3) is 5.78 Å². The van der Waals surface area contributed by atoms with Crippen molar-refractivity contribution in [2.24, 2.45) is 0 Å². The molecule has 0 N–H and O–H groups in total. The fourth-order valence-corrected chi connectivity index (χ4v) is 3.27. The highest BCUT2D eigenvalue weighted by molar-refractivity contribution is 5.70. The van der Waals surface area contributed by atoms with E-state index in [0.717, 1.165) is 36.2 Å². The Morgan fingerprint density at radius 2 is 2.13 bits per heavy atom. The molecule has 0 amide bonds. The van der Waals surface area contributed by atoms with Crippen molar-refractivity contribution in [1.29, 1.82) is 0 Å². The Morgan fingerprint density at radius 1 is 1.35 bits per heavy atom. The molecule has 23 heavy (non-hydrogen) atoms. The molecule has 2 aromatic heterocycles. The van der Waals surface area contributed by atoms with Crippen molar-refractivity contribution in [3.8, 4) is 0 Å². The molecule has 1 fully saturated rings. The van der Waals surface area contributed by atoms with E-state index in [0.29, 0.717) is 18.6 Å². The highest BCUT2D eigenvalue weighted by Crippen LogP contribution is 2.25. The normalized spacial score (nSPS) is 21.0. The highest BCUT2D eigenvalue weighted by Gasteiger charge is 2.30. The number of ether oxygens (including phenoxy) is 2. The van der Waals surface area contributed by atoms with Crippen LogP contribution in [0, 0.1) is 13.8 Å². The van der Waals surface area contributed by atoms with Gasteiger partial charge in [0.2, 0.25) is 0 Å². The zero-order chi connectivity index (χ0) is 16.4. The molecule has 0 bridgehead atoms. The topological polar surface area (TPSA) is 78.6 Å². The number of methoxy groups -OCH3 is 1. The van der Waals surface area contributed by atoms with Gasteiger partial charge in [-0.3, -0.25) is 4.79 Å². The summed E-state index contributed by atoms with van der Waals surface area (Å²) in [5.41, 5.74) is 2.87. The smallest absolute Gasteiger partial charge is 0.306 e. The van der Waals surface area contributed by atoms with Crippen LogP contribution in [-0.2, 0) is 20.7 Å². The molecule has 0 spiro atoms. The molecule has 3 rings (SSSR count). The van der Waals surface area contributed by atoms with Crippen LogP contribution >= 0.6 is 0 Å². The zero-order valence-electron chi connectivity index (χ0n) is 13.8. The number of rotatable bonds is 5. The molecule has 124 valence electrons. The number of aromatic nitrogens is 4. The summed E-state index contributed by atoms with van der Waals surface area (Å²) in [5, 5.41) is 4.16. The Hall–Kier alpha value is -2.02. The second kappa shape index (κ2) is 6.62. The van der Waals surface area contributed by atoms with Gasteiger partial charge in [0.1, 0.15) is 12.4 Å². The number of carbonyl (C=O) groups is 1. The van der Waals surface area contributed by atoms with Gasteiger partial charge in [-0.15, -0.1) is 0 Å². The van der Waals surface area contributed by atoms with Crippen molar-refractivity contribution in [3.05, 3.63) is 23.3 Å². The van der Waals surface area contributed by atoms with E-state index in [4.69, 9.17) is 9.47 Å². The average Bonchev–Trinajstić information content (AvgIpc) is 3.15. The maximum absolute atomic E-state index is 12.1. The average molecular weight is 318 g/mol. The van der Waals surface area contributed by atoms with Gasteiger partial charge in [-0.1, -0.05) is 0 Å². The molecule has 2 heterocycles. The first-order chi connectivity index (χ1) is 11.1. The molecule has 0 unspecified atom stereocenters. The quantitative estimate of drug-likeness (QED) is 0.782. The summed E-state index contributed by atoms with van der Waals surface area (Å²) in [6.45, 7) is 3.90. The predicted molar refractivity (Wildman–Crippen MR) is 83.1 cm³/mol. The molecular formula is C16H22N4O3. The first-order valence-electron chi connectivity index (χ1n) is 7.98. The Morgan fingerprint density at radius 3 is 2.91 bits per heavy atom. The standard InChI is InChI=1S/C16H22N4O3/c1-10-12(11(2)20-16(19-10)17-9-18-20)7-8-15(21)23-14-6-4-5-13(14)22-3/h9,13-14H,4-8H2,1-3H3/t13-,14+/m0/s1. The minimum Gasteiger partial charge on any atom is -0.460 e. The third-order valence-electron chi connectivity index (χ3n) is 4.55. The number of fused-ring (bicyclic) bond motifs is 1. The van der Waals surface area contributed by atoms with Gasteiger partial charge in [-0.25, -0.2) is 9.50 Å². The summed E-state index contributed by atoms with van der Waals surface area (Å²) in [7, 11) is 1.67. The summed E-state index contributed by atoms with van der Waals surface area (Å²) >= 11 is 0. The summed E-state index contributed by atoms with van der Waals surface area (Å²) in [6, 6.07) is 0. The van der Waals surface area contributed by atoms with Gasteiger partial charge in [0.05, 0.1) is 6.10 Å². The Bertz CT molecular complexity index is 713. The van der Waals surface area contributed by atoms with Crippen molar-refractivity contribution in [2.45, 2.75) is 58.2 Å². The number of nitrogens with zero attached hydrogens (tertiary/aromatic N) is 4. The van der Waals surface area contributed by atoms with Crippen LogP contribution in [0.4, 0.5) is 0 Å². The summed E-state index contributed by atoms with van der Waals surface area (Å²) in [4.78, 5) is 20.7. The van der Waals surface area contributed by atoms with Crippen LogP contribution in [0.5, 0.6) is 0 Å². The molecule has 7 nitrogen and oxygen atoms in total. The molecular weight excluding hydrogens is 296 g/mol. The number of carbonyl (C=O) groups excluding carboxylic acids is 1. The number of esters is 1. The fourth-order valence-electron chi connectivity index (χ4n) is 3.27. The van der Waals surface area contributed by atoms with Crippen molar-refractivity contribution >= 4 is 11.7 Å². The highest BCUT2D eigenvalue weighted by atomic mass is 16.6. The van der Waals surface area contributed by atoms with Crippen molar-refractivity contribution in [2.75, 3.05) is 7.11 Å². The van der Waals surface area contributed by atoms with E-state index in [2.05, 4.69) is 15.1 Å². The van der Waals surface area contributed by atoms with Gasteiger partial charge < -0.3 is 9.47 Å². The molecule has 0 aliphatic heterocycles. The van der Waals surface area contributed by atoms with Gasteiger partial charge >= 0.3 is 5.97 Å². The molecule has 1 aliphatic carbocycles. The molecule has 0 aromatic carbocycles. The molecule has 1 aliphatic rings. The van der Waals surface area contributed by atoms with Gasteiger partial charge in [0.15, 0.2) is 0 Å². The second-order valence-electron chi connectivity index (χ2n) is 5.97. The van der Waals surface area contributed by atoms with Crippen LogP contribution in [0.2, 0.25) is 0 Å². The molecule has 0 saturated heterocycles. The van der Waals surface area contributed by atoms with E-state index >= 15 is 0 Å². The van der Waals surface area contributed by atoms with Crippen LogP contribution < -0.4 is 0 Å². The number of hydrogen-bond acceptors (Lipinski definition) is 6. The van der Waals surface area contributed by atoms with Gasteiger partial charge in [-0.2, -0.15) is 10.1 Å². The van der Waals surface area contributed by atoms with E-state index in [1.807, 2.05) is 13.8 Å². The largest absolute Gasteiger partial charge is 0.460 e. The Kier molecular flexibility index (Phi) is 4.56. The van der Waals surface area contributed by atoms with Crippen molar-refractivity contribution in [1.82, 2.24) is 19.6 Å². The van der Waals surface area contributed by atoms with Crippen molar-refractivity contribution < 1.29 is 14.3 Å². The molecule has 0 radical (unpaired) electrons. The lowest BCUT2D eigenvalue weighted by atomic mass is 10.1. The summed E-state index contributed by atoms with van der Waals surface area (Å²) < 4.78 is 12.6. The van der Waals surface area contributed by atoms with Crippen LogP contribution in [0.25, 0.3) is 5.78 Å². The lowest BCUT2D eigenvalue weighted by Gasteiger charge is -2.19. The maximum Gasteiger partial charge on any atom is 0.306 e. The third-order valence-corrected chi connectivity index (χ3v) is 4.55. The molecule has 1 saturated carbocycles. The number of aryl methyl sites for hydroxylation is 2. The van der Waals surface area contributed by atoms with E-state index < -0.39 is 0 Å². The van der Waals surface area contributed by atoms with Crippen LogP contribution in [0.3, 0.4) is 0 Å². The first-order valence-corrected chi connectivity index (χ1v) is 7.98. The summed E-state index contributed by atoms with van der Waals surface area (Å²) in [6.07, 6.45) is 5.22. The second-order valence-corrected chi connectivity index (χ2v) is 5.97. The fraction of sp³-hybridized carbons (Fsp3) is 0.625. The minimum atomic E-state index is -0.184. The summed E-state index contributed by atoms with van der Waals surface area (Å²) in [5.74, 6) is 0.400. The minimum absolute atomic E-state index is 0.0376. The SMILES string of the molecule is CO[C@H]1CCC[C@H]1OC(=O)CCc1c(C)nc2ncnn2c1C. The Labute approximate surface area is 135 Å². The lowest BCUT2D eigenvalue weighted by Crippen LogP contribution is -2.27. The van der Waals surface area contributed by atoms with E-state index in [-0.39, 0.29) is 18.2 Å². The maximum atomic E-state index is 12.1. The Balaban J connectivity index is 1.65. The third kappa shape index (κ3) is 3.19. The van der Waals surface area contributed by atoms with Crippen LogP contribution in [-0.4, -0.2) is 44.9 Å². The van der Waals surface area contributed by atoms with Crippen molar-refractivity contribution in [3.63, 3.8) is 0 Å². The first kappa shape index (κ1) is 15.9. The lowest BCUT2D eigenvalue weighted by molar-refractivity contribution is -0.154. The van der Waals surface area contributed by atoms with E-state index in [9.17, 15) is 4.79 Å². The molecule has 2 aromatic rings. The number of hydrogen-bond donors (Lipinski definition) is 0. The van der Waals surface area contributed by atoms with Gasteiger partial charge in [0, 0.05) is 24.9 Å². The van der Waals surface area contributed by atoms with Crippen LogP contribution in [0.15, 0.2) is 6.33 Å². The van der Waals surface area contributed by atoms with E-state index in [1.165, 1.54) is 6.33 Å².